The molecule has 1 unspecified atom stereocenters. The minimum atomic E-state index is -0.617. The molecule has 0 N–H and O–H groups in total. The molecule has 2 aliphatic rings. The van der Waals surface area contributed by atoms with Crippen LogP contribution in [0.3, 0.4) is 0 Å². The molecule has 2 aromatic carbocycles. The van der Waals surface area contributed by atoms with Gasteiger partial charge in [-0.1, -0.05) is 24.3 Å². The maximum atomic E-state index is 13.2. The van der Waals surface area contributed by atoms with E-state index in [0.29, 0.717) is 18.7 Å². The largest absolute Gasteiger partial charge is 0.463 e. The number of rotatable bonds is 2. The standard InChI is InChI=1S/C19H16FN3O3/c1-26-19(25)17-21-23(15-8-6-14(20)7-9-15)18(24)16-10-12-4-2-3-5-13(12)11-22(16)17/h2-9,16H,10-11H2,1H3. The third-order valence-corrected chi connectivity index (χ3v) is 4.65. The van der Waals surface area contributed by atoms with Crippen LogP contribution >= 0.6 is 0 Å². The number of hydrogen-bond acceptors (Lipinski definition) is 5. The van der Waals surface area contributed by atoms with Crippen molar-refractivity contribution in [1.82, 2.24) is 4.90 Å². The number of ether oxygens (including phenoxy) is 1. The van der Waals surface area contributed by atoms with E-state index in [2.05, 4.69) is 5.10 Å². The zero-order valence-corrected chi connectivity index (χ0v) is 14.1. The number of amides is 1. The second kappa shape index (κ2) is 6.25. The summed E-state index contributed by atoms with van der Waals surface area (Å²) in [5.74, 6) is -1.23. The number of amidine groups is 1. The number of hydrogen-bond donors (Lipinski definition) is 0. The molecular weight excluding hydrogens is 337 g/mol. The molecule has 0 spiro atoms. The molecule has 2 aliphatic heterocycles. The van der Waals surface area contributed by atoms with Gasteiger partial charge in [0.1, 0.15) is 11.9 Å². The molecule has 4 rings (SSSR count). The maximum Gasteiger partial charge on any atom is 0.375 e. The summed E-state index contributed by atoms with van der Waals surface area (Å²) in [6.45, 7) is 0.401. The first-order valence-corrected chi connectivity index (χ1v) is 8.18. The van der Waals surface area contributed by atoms with Crippen LogP contribution in [0.15, 0.2) is 53.6 Å². The van der Waals surface area contributed by atoms with E-state index in [1.807, 2.05) is 24.3 Å². The second-order valence-corrected chi connectivity index (χ2v) is 6.16. The van der Waals surface area contributed by atoms with Crippen LogP contribution in [-0.4, -0.2) is 35.8 Å². The Bertz CT molecular complexity index is 911. The molecule has 2 heterocycles. The molecule has 0 aromatic heterocycles. The number of carbonyl (C=O) groups is 2. The normalized spacial score (nSPS) is 18.8. The van der Waals surface area contributed by atoms with Crippen molar-refractivity contribution in [2.45, 2.75) is 19.0 Å². The van der Waals surface area contributed by atoms with Crippen molar-refractivity contribution in [2.75, 3.05) is 12.1 Å². The molecule has 26 heavy (non-hydrogen) atoms. The van der Waals surface area contributed by atoms with Crippen LogP contribution < -0.4 is 5.01 Å². The molecule has 0 bridgehead atoms. The molecule has 0 radical (unpaired) electrons. The Morgan fingerprint density at radius 3 is 2.54 bits per heavy atom. The number of hydrazone groups is 1. The Balaban J connectivity index is 1.79. The van der Waals surface area contributed by atoms with Gasteiger partial charge >= 0.3 is 5.97 Å². The SMILES string of the molecule is COC(=O)C1=NN(c2ccc(F)cc2)C(=O)C2Cc3ccccc3CN12. The molecule has 2 aromatic rings. The van der Waals surface area contributed by atoms with Crippen LogP contribution in [0.1, 0.15) is 11.1 Å². The first-order chi connectivity index (χ1) is 12.6. The minimum absolute atomic E-state index is 0.0657. The second-order valence-electron chi connectivity index (χ2n) is 6.16. The van der Waals surface area contributed by atoms with Crippen molar-refractivity contribution >= 4 is 23.4 Å². The lowest BCUT2D eigenvalue weighted by Crippen LogP contribution is -2.59. The van der Waals surface area contributed by atoms with Gasteiger partial charge in [-0.05, 0) is 35.4 Å². The van der Waals surface area contributed by atoms with Crippen molar-refractivity contribution in [2.24, 2.45) is 5.10 Å². The topological polar surface area (TPSA) is 62.2 Å². The van der Waals surface area contributed by atoms with Gasteiger partial charge in [0.05, 0.1) is 12.8 Å². The van der Waals surface area contributed by atoms with Crippen LogP contribution in [-0.2, 0) is 27.3 Å². The van der Waals surface area contributed by atoms with E-state index in [1.54, 1.807) is 4.90 Å². The predicted octanol–water partition coefficient (Wildman–Crippen LogP) is 2.09. The molecule has 0 saturated heterocycles. The molecule has 7 heteroatoms. The molecular formula is C19H16FN3O3. The Morgan fingerprint density at radius 2 is 1.85 bits per heavy atom. The van der Waals surface area contributed by atoms with Gasteiger partial charge in [0.2, 0.25) is 5.84 Å². The van der Waals surface area contributed by atoms with Gasteiger partial charge in [-0.25, -0.2) is 9.18 Å². The zero-order chi connectivity index (χ0) is 18.3. The van der Waals surface area contributed by atoms with E-state index in [-0.39, 0.29) is 11.7 Å². The van der Waals surface area contributed by atoms with Gasteiger partial charge in [-0.2, -0.15) is 5.01 Å². The van der Waals surface area contributed by atoms with Crippen molar-refractivity contribution < 1.29 is 18.7 Å². The minimum Gasteiger partial charge on any atom is -0.463 e. The lowest BCUT2D eigenvalue weighted by Gasteiger charge is -2.41. The van der Waals surface area contributed by atoms with Gasteiger partial charge in [0, 0.05) is 13.0 Å². The first kappa shape index (κ1) is 16.3. The average Bonchev–Trinajstić information content (AvgIpc) is 2.67. The summed E-state index contributed by atoms with van der Waals surface area (Å²) in [7, 11) is 1.27. The molecule has 1 atom stereocenters. The van der Waals surface area contributed by atoms with E-state index in [0.717, 1.165) is 16.1 Å². The van der Waals surface area contributed by atoms with E-state index >= 15 is 0 Å². The van der Waals surface area contributed by atoms with E-state index in [9.17, 15) is 14.0 Å². The lowest BCUT2D eigenvalue weighted by molar-refractivity contribution is -0.134. The molecule has 1 amide bonds. The first-order valence-electron chi connectivity index (χ1n) is 8.18. The lowest BCUT2D eigenvalue weighted by atomic mass is 9.92. The summed E-state index contributed by atoms with van der Waals surface area (Å²) in [6, 6.07) is 12.6. The van der Waals surface area contributed by atoms with Crippen LogP contribution in [0.2, 0.25) is 0 Å². The number of methoxy groups -OCH3 is 1. The Labute approximate surface area is 149 Å². The fourth-order valence-electron chi connectivity index (χ4n) is 3.33. The molecule has 132 valence electrons. The summed E-state index contributed by atoms with van der Waals surface area (Å²) in [5.41, 5.74) is 2.51. The third-order valence-electron chi connectivity index (χ3n) is 4.65. The van der Waals surface area contributed by atoms with Crippen molar-refractivity contribution in [3.8, 4) is 0 Å². The van der Waals surface area contributed by atoms with Crippen molar-refractivity contribution in [3.05, 3.63) is 65.5 Å². The van der Waals surface area contributed by atoms with Gasteiger partial charge in [-0.3, -0.25) is 4.79 Å². The fourth-order valence-corrected chi connectivity index (χ4v) is 3.33. The summed E-state index contributed by atoms with van der Waals surface area (Å²) >= 11 is 0. The Kier molecular flexibility index (Phi) is 3.91. The third kappa shape index (κ3) is 2.61. The number of esters is 1. The Hall–Kier alpha value is -3.22. The predicted molar refractivity (Wildman–Crippen MR) is 92.8 cm³/mol. The smallest absolute Gasteiger partial charge is 0.375 e. The van der Waals surface area contributed by atoms with E-state index in [1.165, 1.54) is 31.4 Å². The van der Waals surface area contributed by atoms with E-state index < -0.39 is 17.8 Å². The van der Waals surface area contributed by atoms with Crippen LogP contribution in [0.5, 0.6) is 0 Å². The molecule has 0 saturated carbocycles. The number of benzene rings is 2. The quantitative estimate of drug-likeness (QED) is 0.776. The average molecular weight is 353 g/mol. The highest BCUT2D eigenvalue weighted by Gasteiger charge is 2.43. The molecule has 6 nitrogen and oxygen atoms in total. The molecule has 0 aliphatic carbocycles. The monoisotopic (exact) mass is 353 g/mol. The van der Waals surface area contributed by atoms with E-state index in [4.69, 9.17) is 4.74 Å². The van der Waals surface area contributed by atoms with Crippen molar-refractivity contribution in [1.29, 1.82) is 0 Å². The van der Waals surface area contributed by atoms with Gasteiger partial charge in [0.15, 0.2) is 0 Å². The highest BCUT2D eigenvalue weighted by Crippen LogP contribution is 2.30. The number of anilines is 1. The van der Waals surface area contributed by atoms with Gasteiger partial charge < -0.3 is 9.64 Å². The number of nitrogens with zero attached hydrogens (tertiary/aromatic N) is 3. The van der Waals surface area contributed by atoms with Crippen molar-refractivity contribution in [3.63, 3.8) is 0 Å². The number of carbonyl (C=O) groups excluding carboxylic acids is 2. The summed E-state index contributed by atoms with van der Waals surface area (Å²) in [5, 5.41) is 5.37. The van der Waals surface area contributed by atoms with Gasteiger partial charge in [-0.15, -0.1) is 5.10 Å². The fraction of sp³-hybridized carbons (Fsp3) is 0.211. The number of halogens is 1. The highest BCUT2D eigenvalue weighted by atomic mass is 19.1. The van der Waals surface area contributed by atoms with Gasteiger partial charge in [0.25, 0.3) is 5.91 Å². The summed E-state index contributed by atoms with van der Waals surface area (Å²) in [4.78, 5) is 27.0. The van der Waals surface area contributed by atoms with Crippen LogP contribution in [0.25, 0.3) is 0 Å². The molecule has 0 fully saturated rings. The van der Waals surface area contributed by atoms with Crippen LogP contribution in [0.4, 0.5) is 10.1 Å². The highest BCUT2D eigenvalue weighted by molar-refractivity contribution is 6.37. The zero-order valence-electron chi connectivity index (χ0n) is 14.1. The van der Waals surface area contributed by atoms with Crippen LogP contribution in [0, 0.1) is 5.82 Å². The summed E-state index contributed by atoms with van der Waals surface area (Å²) < 4.78 is 18.1. The maximum absolute atomic E-state index is 13.2. The Morgan fingerprint density at radius 1 is 1.15 bits per heavy atom. The summed E-state index contributed by atoms with van der Waals surface area (Å²) in [6.07, 6.45) is 0.461. The number of fused-ring (bicyclic) bond motifs is 2.